The molecule has 2 nitrogen and oxygen atoms in total. The molecule has 0 spiro atoms. The summed E-state index contributed by atoms with van der Waals surface area (Å²) in [5, 5.41) is 10.0. The van der Waals surface area contributed by atoms with Gasteiger partial charge in [-0.2, -0.15) is 0 Å². The number of nitrogens with zero attached hydrogens (tertiary/aromatic N) is 1. The van der Waals surface area contributed by atoms with Crippen molar-refractivity contribution in [1.29, 1.82) is 0 Å². The van der Waals surface area contributed by atoms with Crippen molar-refractivity contribution in [3.63, 3.8) is 0 Å². The second kappa shape index (κ2) is 6.66. The van der Waals surface area contributed by atoms with E-state index in [1.807, 2.05) is 42.5 Å². The molecule has 3 heteroatoms. The first kappa shape index (κ1) is 13.2. The third-order valence-corrected chi connectivity index (χ3v) is 3.31. The Morgan fingerprint density at radius 1 is 1.17 bits per heavy atom. The normalized spacial score (nSPS) is 12.3. The predicted molar refractivity (Wildman–Crippen MR) is 76.4 cm³/mol. The van der Waals surface area contributed by atoms with Gasteiger partial charge >= 0.3 is 0 Å². The molecule has 0 fully saturated rings. The van der Waals surface area contributed by atoms with Crippen LogP contribution in [0.3, 0.4) is 0 Å². The number of halogens is 1. The highest BCUT2D eigenvalue weighted by Gasteiger charge is 2.06. The number of aliphatic hydroxyl groups is 1. The maximum Gasteiger partial charge on any atom is 0.0584 e. The van der Waals surface area contributed by atoms with Crippen molar-refractivity contribution in [2.24, 2.45) is 0 Å². The van der Waals surface area contributed by atoms with Crippen LogP contribution in [0.2, 0.25) is 0 Å². The molecule has 1 atom stereocenters. The van der Waals surface area contributed by atoms with Gasteiger partial charge in [-0.05, 0) is 49.1 Å². The summed E-state index contributed by atoms with van der Waals surface area (Å²) in [7, 11) is 0. The molecule has 94 valence electrons. The third kappa shape index (κ3) is 4.24. The number of hydrogen-bond donors (Lipinski definition) is 1. The molecule has 2 aromatic rings. The van der Waals surface area contributed by atoms with Gasteiger partial charge in [-0.1, -0.05) is 34.1 Å². The molecule has 1 unspecified atom stereocenters. The Balaban J connectivity index is 1.84. The van der Waals surface area contributed by atoms with Crippen molar-refractivity contribution < 1.29 is 5.11 Å². The topological polar surface area (TPSA) is 33.1 Å². The molecule has 0 aliphatic carbocycles. The Morgan fingerprint density at radius 2 is 2.06 bits per heavy atom. The van der Waals surface area contributed by atoms with Crippen molar-refractivity contribution in [3.05, 3.63) is 64.4 Å². The zero-order chi connectivity index (χ0) is 12.8. The van der Waals surface area contributed by atoms with E-state index < -0.39 is 0 Å². The number of benzene rings is 1. The van der Waals surface area contributed by atoms with Crippen molar-refractivity contribution in [2.75, 3.05) is 0 Å². The monoisotopic (exact) mass is 305 g/mol. The highest BCUT2D eigenvalue weighted by atomic mass is 79.9. The first-order valence-corrected chi connectivity index (χ1v) is 6.86. The fourth-order valence-electron chi connectivity index (χ4n) is 1.90. The summed E-state index contributed by atoms with van der Waals surface area (Å²) in [5.41, 5.74) is 2.18. The summed E-state index contributed by atoms with van der Waals surface area (Å²) in [5.74, 6) is 0. The highest BCUT2D eigenvalue weighted by molar-refractivity contribution is 9.10. The van der Waals surface area contributed by atoms with Gasteiger partial charge < -0.3 is 5.11 Å². The maximum absolute atomic E-state index is 10.0. The van der Waals surface area contributed by atoms with Crippen LogP contribution in [0, 0.1) is 0 Å². The van der Waals surface area contributed by atoms with Gasteiger partial charge in [-0.3, -0.25) is 4.98 Å². The van der Waals surface area contributed by atoms with Crippen LogP contribution >= 0.6 is 15.9 Å². The van der Waals surface area contributed by atoms with E-state index in [0.29, 0.717) is 6.42 Å². The van der Waals surface area contributed by atoms with Gasteiger partial charge in [0.05, 0.1) is 6.10 Å². The van der Waals surface area contributed by atoms with Crippen LogP contribution in [0.4, 0.5) is 0 Å². The van der Waals surface area contributed by atoms with E-state index in [0.717, 1.165) is 28.6 Å². The number of aromatic nitrogens is 1. The highest BCUT2D eigenvalue weighted by Crippen LogP contribution is 2.14. The van der Waals surface area contributed by atoms with E-state index in [4.69, 9.17) is 0 Å². The number of aryl methyl sites for hydroxylation is 1. The molecular weight excluding hydrogens is 290 g/mol. The van der Waals surface area contributed by atoms with Crippen LogP contribution in [0.1, 0.15) is 17.7 Å². The standard InChI is InChI=1S/C15H16BrNO/c16-13-5-3-4-12(10-13)11-15(18)8-7-14-6-1-2-9-17-14/h1-6,9-10,15,18H,7-8,11H2. The van der Waals surface area contributed by atoms with Crippen LogP contribution in [0.5, 0.6) is 0 Å². The minimum atomic E-state index is -0.318. The van der Waals surface area contributed by atoms with E-state index in [-0.39, 0.29) is 6.10 Å². The Kier molecular flexibility index (Phi) is 4.90. The lowest BCUT2D eigenvalue weighted by Gasteiger charge is -2.10. The lowest BCUT2D eigenvalue weighted by atomic mass is 10.0. The summed E-state index contributed by atoms with van der Waals surface area (Å²) < 4.78 is 1.05. The van der Waals surface area contributed by atoms with Crippen molar-refractivity contribution in [3.8, 4) is 0 Å². The van der Waals surface area contributed by atoms with Gasteiger partial charge in [-0.15, -0.1) is 0 Å². The molecule has 2 rings (SSSR count). The Hall–Kier alpha value is -1.19. The molecule has 1 heterocycles. The zero-order valence-electron chi connectivity index (χ0n) is 10.1. The Morgan fingerprint density at radius 3 is 2.78 bits per heavy atom. The van der Waals surface area contributed by atoms with Crippen LogP contribution in [-0.2, 0) is 12.8 Å². The van der Waals surface area contributed by atoms with Gasteiger partial charge in [0.1, 0.15) is 0 Å². The molecule has 0 saturated heterocycles. The molecular formula is C15H16BrNO. The van der Waals surface area contributed by atoms with Gasteiger partial charge in [0.15, 0.2) is 0 Å². The maximum atomic E-state index is 10.0. The SMILES string of the molecule is OC(CCc1ccccn1)Cc1cccc(Br)c1. The lowest BCUT2D eigenvalue weighted by molar-refractivity contribution is 0.165. The van der Waals surface area contributed by atoms with Crippen molar-refractivity contribution in [2.45, 2.75) is 25.4 Å². The molecule has 0 amide bonds. The fraction of sp³-hybridized carbons (Fsp3) is 0.267. The van der Waals surface area contributed by atoms with Crippen LogP contribution in [0.15, 0.2) is 53.1 Å². The smallest absolute Gasteiger partial charge is 0.0584 e. The summed E-state index contributed by atoms with van der Waals surface area (Å²) >= 11 is 3.44. The van der Waals surface area contributed by atoms with Gasteiger partial charge in [0.2, 0.25) is 0 Å². The Labute approximate surface area is 116 Å². The molecule has 1 aromatic heterocycles. The molecule has 0 aliphatic rings. The van der Waals surface area contributed by atoms with Crippen LogP contribution < -0.4 is 0 Å². The second-order valence-corrected chi connectivity index (χ2v) is 5.26. The van der Waals surface area contributed by atoms with E-state index in [1.165, 1.54) is 0 Å². The minimum absolute atomic E-state index is 0.318. The van der Waals surface area contributed by atoms with E-state index >= 15 is 0 Å². The lowest BCUT2D eigenvalue weighted by Crippen LogP contribution is -2.12. The predicted octanol–water partition coefficient (Wildman–Crippen LogP) is 3.38. The average Bonchev–Trinajstić information content (AvgIpc) is 2.38. The summed E-state index contributed by atoms with van der Waals surface area (Å²) in [6.45, 7) is 0. The first-order chi connectivity index (χ1) is 8.74. The summed E-state index contributed by atoms with van der Waals surface area (Å²) in [6.07, 6.45) is 3.71. The molecule has 18 heavy (non-hydrogen) atoms. The number of hydrogen-bond acceptors (Lipinski definition) is 2. The fourth-order valence-corrected chi connectivity index (χ4v) is 2.35. The van der Waals surface area contributed by atoms with Crippen molar-refractivity contribution in [1.82, 2.24) is 4.98 Å². The number of pyridine rings is 1. The molecule has 1 N–H and O–H groups in total. The number of rotatable bonds is 5. The quantitative estimate of drug-likeness (QED) is 0.918. The third-order valence-electron chi connectivity index (χ3n) is 2.82. The van der Waals surface area contributed by atoms with E-state index in [9.17, 15) is 5.11 Å². The minimum Gasteiger partial charge on any atom is -0.393 e. The second-order valence-electron chi connectivity index (χ2n) is 4.35. The van der Waals surface area contributed by atoms with Crippen LogP contribution in [0.25, 0.3) is 0 Å². The van der Waals surface area contributed by atoms with Crippen LogP contribution in [-0.4, -0.2) is 16.2 Å². The summed E-state index contributed by atoms with van der Waals surface area (Å²) in [6, 6.07) is 13.9. The molecule has 0 aliphatic heterocycles. The first-order valence-electron chi connectivity index (χ1n) is 6.06. The van der Waals surface area contributed by atoms with E-state index in [1.54, 1.807) is 6.20 Å². The molecule has 0 bridgehead atoms. The average molecular weight is 306 g/mol. The van der Waals surface area contributed by atoms with E-state index in [2.05, 4.69) is 20.9 Å². The van der Waals surface area contributed by atoms with Gasteiger partial charge in [-0.25, -0.2) is 0 Å². The molecule has 1 aromatic carbocycles. The zero-order valence-corrected chi connectivity index (χ0v) is 11.7. The largest absolute Gasteiger partial charge is 0.393 e. The molecule has 0 radical (unpaired) electrons. The summed E-state index contributed by atoms with van der Waals surface area (Å²) in [4.78, 5) is 4.25. The Bertz CT molecular complexity index is 487. The van der Waals surface area contributed by atoms with Gasteiger partial charge in [0, 0.05) is 16.4 Å². The number of aliphatic hydroxyl groups excluding tert-OH is 1. The van der Waals surface area contributed by atoms with Gasteiger partial charge in [0.25, 0.3) is 0 Å². The molecule has 0 saturated carbocycles. The van der Waals surface area contributed by atoms with Crippen molar-refractivity contribution >= 4 is 15.9 Å².